The van der Waals surface area contributed by atoms with E-state index in [1.165, 1.54) is 0 Å². The molecule has 64 heteroatoms. The van der Waals surface area contributed by atoms with Crippen LogP contribution in [-0.2, 0) is 76.0 Å². The summed E-state index contributed by atoms with van der Waals surface area (Å²) in [5.74, 6) is -173. The standard InChI is InChI=1S/C49H44F48O16/c50-21(51)30(58,59)38(74,75)46(90,91)42(82,83)34(66,67)25(98)110-13-9-102-1-5-106-17-29(18-107-6-2-103-10-14-111-26(99)35(68,69)43(84,85)47(92,93)39(76,77)31(60,61)22(52)53,19-108-7-3-104-11-15-112-27(100)36(70,71)44(86,87)48(94,95)40(78,79)32(62,63)23(54)55)20-109-8-4-105-12-16-113-28(101)37(72,73)45(88,89)49(96,97)41(80,81)33(64,65)24(56)57/h21-24H,1-20H2. The van der Waals surface area contributed by atoms with Crippen LogP contribution in [0.5, 0.6) is 0 Å². The summed E-state index contributed by atoms with van der Waals surface area (Å²) < 4.78 is 702. The molecule has 16 nitrogen and oxygen atoms in total. The number of carbonyl (C=O) groups excluding carboxylic acids is 4. The molecule has 0 unspecified atom stereocenters. The maximum Gasteiger partial charge on any atom is 0.410 e. The van der Waals surface area contributed by atoms with E-state index < -0.39 is 306 Å². The summed E-state index contributed by atoms with van der Waals surface area (Å²) in [6, 6.07) is 0. The Morgan fingerprint density at radius 3 is 0.434 bits per heavy atom. The van der Waals surface area contributed by atoms with Crippen LogP contribution >= 0.6 is 0 Å². The van der Waals surface area contributed by atoms with Gasteiger partial charge < -0.3 is 56.8 Å². The van der Waals surface area contributed by atoms with Crippen LogP contribution in [0.1, 0.15) is 0 Å². The van der Waals surface area contributed by atoms with Crippen molar-refractivity contribution in [2.45, 2.75) is 144 Å². The van der Waals surface area contributed by atoms with Crippen molar-refractivity contribution in [1.82, 2.24) is 0 Å². The van der Waals surface area contributed by atoms with Crippen molar-refractivity contribution in [3.8, 4) is 0 Å². The Balaban J connectivity index is 6.99. The van der Waals surface area contributed by atoms with Gasteiger partial charge in [0, 0.05) is 0 Å². The van der Waals surface area contributed by atoms with Gasteiger partial charge in [-0.05, 0) is 0 Å². The second-order valence-electron chi connectivity index (χ2n) is 21.6. The monoisotopic (exact) mass is 1800 g/mol. The fraction of sp³-hybridized carbons (Fsp3) is 0.918. The molecule has 0 aliphatic carbocycles. The summed E-state index contributed by atoms with van der Waals surface area (Å²) in [4.78, 5) is 46.6. The minimum Gasteiger partial charge on any atom is -0.459 e. The SMILES string of the molecule is O=C(OCCOCCOCC(COCCOCCOC(=O)C(F)(F)C(F)(F)C(F)(F)C(F)(F)C(F)(F)C(F)F)(COCCOCCOC(=O)C(F)(F)C(F)(F)C(F)(F)C(F)(F)C(F)(F)C(F)F)COCCOCCOC(=O)C(F)(F)C(F)(F)C(F)(F)C(F)(F)C(F)(F)C(F)F)C(F)(F)C(F)(F)C(F)(F)C(F)(F)C(F)(F)C(F)F. The molecule has 0 fully saturated rings. The number of carbonyl (C=O) groups is 4. The molecular weight excluding hydrogens is 1760 g/mol. The molecule has 0 spiro atoms. The van der Waals surface area contributed by atoms with Crippen molar-refractivity contribution >= 4 is 23.9 Å². The summed E-state index contributed by atoms with van der Waals surface area (Å²) in [6.45, 7) is -27.4. The smallest absolute Gasteiger partial charge is 0.410 e. The van der Waals surface area contributed by atoms with E-state index in [-0.39, 0.29) is 0 Å². The average Bonchev–Trinajstić information content (AvgIpc) is 0.733. The van der Waals surface area contributed by atoms with Gasteiger partial charge >= 0.3 is 168 Å². The van der Waals surface area contributed by atoms with E-state index in [1.807, 2.05) is 0 Å². The molecule has 0 aromatic rings. The molecule has 0 aromatic carbocycles. The lowest BCUT2D eigenvalue weighted by Crippen LogP contribution is -2.70. The van der Waals surface area contributed by atoms with Gasteiger partial charge in [0.05, 0.1) is 111 Å². The van der Waals surface area contributed by atoms with Crippen LogP contribution in [0, 0.1) is 5.41 Å². The largest absolute Gasteiger partial charge is 0.459 e. The number of esters is 4. The zero-order chi connectivity index (χ0) is 89.7. The minimum atomic E-state index is -8.24. The van der Waals surface area contributed by atoms with Gasteiger partial charge in [-0.1, -0.05) is 0 Å². The molecule has 0 aliphatic heterocycles. The first kappa shape index (κ1) is 107. The third-order valence-corrected chi connectivity index (χ3v) is 13.5. The van der Waals surface area contributed by atoms with E-state index in [2.05, 4.69) is 37.9 Å². The molecule has 0 heterocycles. The third-order valence-electron chi connectivity index (χ3n) is 13.5. The highest BCUT2D eigenvalue weighted by Crippen LogP contribution is 2.63. The molecule has 113 heavy (non-hydrogen) atoms. The van der Waals surface area contributed by atoms with E-state index in [9.17, 15) is 230 Å². The summed E-state index contributed by atoms with van der Waals surface area (Å²) in [5.41, 5.74) is -2.32. The lowest BCUT2D eigenvalue weighted by molar-refractivity contribution is -0.408. The zero-order valence-corrected chi connectivity index (χ0v) is 53.6. The maximum absolute atomic E-state index is 14.2. The van der Waals surface area contributed by atoms with Gasteiger partial charge in [0.15, 0.2) is 0 Å². The van der Waals surface area contributed by atoms with E-state index >= 15 is 0 Å². The van der Waals surface area contributed by atoms with Crippen LogP contribution < -0.4 is 0 Å². The van der Waals surface area contributed by atoms with Crippen molar-refractivity contribution in [2.24, 2.45) is 5.41 Å². The molecule has 0 bridgehead atoms. The Bertz CT molecular complexity index is 2620. The third kappa shape index (κ3) is 21.0. The highest BCUT2D eigenvalue weighted by molar-refractivity contribution is 5.81. The minimum absolute atomic E-state index is 1.11. The van der Waals surface area contributed by atoms with Crippen LogP contribution in [0.15, 0.2) is 0 Å². The van der Waals surface area contributed by atoms with E-state index in [4.69, 9.17) is 18.9 Å². The van der Waals surface area contributed by atoms with Crippen molar-refractivity contribution in [1.29, 1.82) is 0 Å². The zero-order valence-electron chi connectivity index (χ0n) is 53.6. The topological polar surface area (TPSA) is 179 Å². The van der Waals surface area contributed by atoms with E-state index in [1.54, 1.807) is 0 Å². The molecule has 0 saturated carbocycles. The van der Waals surface area contributed by atoms with Gasteiger partial charge in [0.1, 0.15) is 26.4 Å². The first-order valence-corrected chi connectivity index (χ1v) is 28.3. The predicted octanol–water partition coefficient (Wildman–Crippen LogP) is 14.0. The number of hydrogen-bond acceptors (Lipinski definition) is 16. The van der Waals surface area contributed by atoms with Crippen LogP contribution in [-0.4, -0.2) is 300 Å². The highest BCUT2D eigenvalue weighted by atomic mass is 19.4. The Kier molecular flexibility index (Phi) is 35.9. The molecular formula is C49H44F48O16. The normalized spacial score (nSPS) is 15.1. The molecule has 0 atom stereocenters. The second kappa shape index (κ2) is 37.9. The molecule has 672 valence electrons. The number of hydrogen-bond donors (Lipinski definition) is 0. The first-order valence-electron chi connectivity index (χ1n) is 28.3. The van der Waals surface area contributed by atoms with Crippen LogP contribution in [0.25, 0.3) is 0 Å². The van der Waals surface area contributed by atoms with Crippen LogP contribution in [0.2, 0.25) is 0 Å². The fourth-order valence-corrected chi connectivity index (χ4v) is 6.90. The average molecular weight is 1800 g/mol. The summed E-state index contributed by atoms with van der Waals surface area (Å²) in [7, 11) is 0. The van der Waals surface area contributed by atoms with Crippen LogP contribution in [0.3, 0.4) is 0 Å². The lowest BCUT2D eigenvalue weighted by Gasteiger charge is -2.38. The summed E-state index contributed by atoms with van der Waals surface area (Å²) in [6.07, 6.45) is -23.9. The Morgan fingerprint density at radius 2 is 0.301 bits per heavy atom. The highest BCUT2D eigenvalue weighted by Gasteiger charge is 2.94. The first-order chi connectivity index (χ1) is 50.3. The molecule has 0 rings (SSSR count). The molecule has 0 radical (unpaired) electrons. The molecule has 0 saturated heterocycles. The molecule has 0 aromatic heterocycles. The number of alkyl halides is 48. The second-order valence-corrected chi connectivity index (χ2v) is 21.6. The molecule has 0 aliphatic rings. The lowest BCUT2D eigenvalue weighted by atomic mass is 9.92. The van der Waals surface area contributed by atoms with Gasteiger partial charge in [0.2, 0.25) is 0 Å². The van der Waals surface area contributed by atoms with E-state index in [0.29, 0.717) is 0 Å². The Hall–Kier alpha value is -5.80. The number of ether oxygens (including phenoxy) is 12. The molecule has 0 amide bonds. The van der Waals surface area contributed by atoms with Crippen LogP contribution in [0.4, 0.5) is 211 Å². The van der Waals surface area contributed by atoms with Gasteiger partial charge in [-0.15, -0.1) is 0 Å². The Labute approximate surface area is 592 Å². The van der Waals surface area contributed by atoms with E-state index in [0.717, 1.165) is 0 Å². The predicted molar refractivity (Wildman–Crippen MR) is 256 cm³/mol. The van der Waals surface area contributed by atoms with Crippen molar-refractivity contribution in [3.05, 3.63) is 0 Å². The van der Waals surface area contributed by atoms with Crippen molar-refractivity contribution in [2.75, 3.05) is 132 Å². The van der Waals surface area contributed by atoms with Crippen molar-refractivity contribution < 1.29 is 287 Å². The fourth-order valence-electron chi connectivity index (χ4n) is 6.90. The van der Waals surface area contributed by atoms with Crippen molar-refractivity contribution in [3.63, 3.8) is 0 Å². The Morgan fingerprint density at radius 1 is 0.177 bits per heavy atom. The van der Waals surface area contributed by atoms with Gasteiger partial charge in [-0.25, -0.2) is 54.3 Å². The summed E-state index contributed by atoms with van der Waals surface area (Å²) >= 11 is 0. The molecule has 0 N–H and O–H groups in total. The van der Waals surface area contributed by atoms with Gasteiger partial charge in [-0.3, -0.25) is 0 Å². The number of halogens is 48. The quantitative estimate of drug-likeness (QED) is 0.0243. The van der Waals surface area contributed by atoms with Gasteiger partial charge in [0.25, 0.3) is 0 Å². The maximum atomic E-state index is 14.2. The summed E-state index contributed by atoms with van der Waals surface area (Å²) in [5, 5.41) is 0. The van der Waals surface area contributed by atoms with Gasteiger partial charge in [-0.2, -0.15) is 176 Å². The number of rotatable bonds is 56.